The molecule has 0 atom stereocenters. The van der Waals surface area contributed by atoms with E-state index in [1.165, 1.54) is 10.9 Å². The lowest BCUT2D eigenvalue weighted by Gasteiger charge is -2.04. The maximum atomic E-state index is 8.59. The first-order valence-corrected chi connectivity index (χ1v) is 7.20. The van der Waals surface area contributed by atoms with Crippen LogP contribution in [0.4, 0.5) is 0 Å². The molecule has 1 aromatic carbocycles. The number of aryl methyl sites for hydroxylation is 1. The number of hydrogen-bond acceptors (Lipinski definition) is 4. The Bertz CT molecular complexity index is 525. The van der Waals surface area contributed by atoms with E-state index >= 15 is 0 Å². The predicted octanol–water partition coefficient (Wildman–Crippen LogP) is 1.54. The Morgan fingerprint density at radius 2 is 2.15 bits per heavy atom. The van der Waals surface area contributed by atoms with Crippen molar-refractivity contribution in [1.82, 2.24) is 15.1 Å². The monoisotopic (exact) mass is 277 g/mol. The molecule has 5 nitrogen and oxygen atoms in total. The summed E-state index contributed by atoms with van der Waals surface area (Å²) in [6.45, 7) is 5.84. The van der Waals surface area contributed by atoms with Gasteiger partial charge in [0.15, 0.2) is 0 Å². The van der Waals surface area contributed by atoms with Gasteiger partial charge in [-0.1, -0.05) is 18.2 Å². The molecule has 0 aliphatic heterocycles. The van der Waals surface area contributed by atoms with E-state index in [1.807, 2.05) is 10.7 Å². The van der Waals surface area contributed by atoms with Crippen molar-refractivity contribution in [3.63, 3.8) is 0 Å². The van der Waals surface area contributed by atoms with Crippen LogP contribution in [0, 0.1) is 0 Å². The average molecular weight is 277 g/mol. The Labute approximate surface area is 119 Å². The molecule has 0 fully saturated rings. The zero-order valence-electron chi connectivity index (χ0n) is 12.0. The Morgan fingerprint density at radius 3 is 2.95 bits per heavy atom. The Kier molecular flexibility index (Phi) is 5.98. The molecule has 20 heavy (non-hydrogen) atoms. The first kappa shape index (κ1) is 15.0. The fourth-order valence-electron chi connectivity index (χ4n) is 2.24. The second-order valence-electron chi connectivity index (χ2n) is 4.65. The normalized spacial score (nSPS) is 11.3. The highest BCUT2D eigenvalue weighted by atomic mass is 16.5. The van der Waals surface area contributed by atoms with Crippen LogP contribution in [0.3, 0.4) is 0 Å². The van der Waals surface area contributed by atoms with E-state index < -0.39 is 0 Å². The Morgan fingerprint density at radius 1 is 1.30 bits per heavy atom. The van der Waals surface area contributed by atoms with E-state index in [4.69, 9.17) is 9.84 Å². The number of aliphatic hydroxyl groups excluding tert-OH is 1. The van der Waals surface area contributed by atoms with Crippen LogP contribution in [0.1, 0.15) is 19.0 Å². The van der Waals surface area contributed by atoms with Crippen LogP contribution in [0.15, 0.2) is 24.3 Å². The number of hydrogen-bond donors (Lipinski definition) is 2. The Balaban J connectivity index is 1.84. The van der Waals surface area contributed by atoms with Crippen LogP contribution in [0.25, 0.3) is 10.9 Å². The maximum Gasteiger partial charge on any atom is 0.0841 e. The summed E-state index contributed by atoms with van der Waals surface area (Å²) in [5.74, 6) is 0. The van der Waals surface area contributed by atoms with Crippen molar-refractivity contribution in [2.75, 3.05) is 26.4 Å². The minimum atomic E-state index is 0.0911. The third-order valence-electron chi connectivity index (χ3n) is 3.20. The van der Waals surface area contributed by atoms with Crippen LogP contribution in [-0.2, 0) is 17.8 Å². The fraction of sp³-hybridized carbons (Fsp3) is 0.533. The van der Waals surface area contributed by atoms with E-state index in [2.05, 4.69) is 35.5 Å². The number of nitrogens with one attached hydrogen (secondary N) is 1. The number of nitrogens with zero attached hydrogens (tertiary/aromatic N) is 2. The summed E-state index contributed by atoms with van der Waals surface area (Å²) in [6, 6.07) is 8.33. The Hall–Kier alpha value is -1.43. The molecule has 0 saturated heterocycles. The van der Waals surface area contributed by atoms with E-state index in [0.717, 1.165) is 31.7 Å². The van der Waals surface area contributed by atoms with Crippen molar-refractivity contribution in [2.45, 2.75) is 26.4 Å². The summed E-state index contributed by atoms with van der Waals surface area (Å²) < 4.78 is 7.26. The number of benzene rings is 1. The summed E-state index contributed by atoms with van der Waals surface area (Å²) in [5.41, 5.74) is 2.29. The third-order valence-corrected chi connectivity index (χ3v) is 3.20. The minimum Gasteiger partial charge on any atom is -0.394 e. The third kappa shape index (κ3) is 3.79. The predicted molar refractivity (Wildman–Crippen MR) is 79.6 cm³/mol. The molecule has 1 heterocycles. The molecular weight excluding hydrogens is 254 g/mol. The molecule has 2 rings (SSSR count). The van der Waals surface area contributed by atoms with Gasteiger partial charge in [-0.05, 0) is 26.0 Å². The number of ether oxygens (including phenoxy) is 1. The molecule has 0 spiro atoms. The zero-order chi connectivity index (χ0) is 14.2. The van der Waals surface area contributed by atoms with E-state index in [0.29, 0.717) is 13.2 Å². The van der Waals surface area contributed by atoms with Gasteiger partial charge >= 0.3 is 0 Å². The van der Waals surface area contributed by atoms with Crippen molar-refractivity contribution in [3.8, 4) is 0 Å². The summed E-state index contributed by atoms with van der Waals surface area (Å²) in [6.07, 6.45) is 0.937. The van der Waals surface area contributed by atoms with Gasteiger partial charge in [-0.3, -0.25) is 4.68 Å². The number of aromatic nitrogens is 2. The van der Waals surface area contributed by atoms with Gasteiger partial charge in [0.1, 0.15) is 0 Å². The van der Waals surface area contributed by atoms with Crippen molar-refractivity contribution in [1.29, 1.82) is 0 Å². The molecule has 110 valence electrons. The average Bonchev–Trinajstić information content (AvgIpc) is 2.85. The molecule has 1 aromatic heterocycles. The molecule has 0 aliphatic rings. The maximum absolute atomic E-state index is 8.59. The van der Waals surface area contributed by atoms with Crippen LogP contribution in [-0.4, -0.2) is 41.3 Å². The van der Waals surface area contributed by atoms with E-state index in [9.17, 15) is 0 Å². The van der Waals surface area contributed by atoms with E-state index in [-0.39, 0.29) is 6.61 Å². The highest BCUT2D eigenvalue weighted by molar-refractivity contribution is 5.81. The number of fused-ring (bicyclic) bond motifs is 1. The number of para-hydroxylation sites is 1. The summed E-state index contributed by atoms with van der Waals surface area (Å²) in [4.78, 5) is 0. The largest absolute Gasteiger partial charge is 0.394 e. The standard InChI is InChI=1S/C15H23N3O2/c1-2-18-15-7-4-3-6-13(15)14(17-18)12-16-8-5-10-20-11-9-19/h3-4,6-7,16,19H,2,5,8-12H2,1H3. The summed E-state index contributed by atoms with van der Waals surface area (Å²) >= 11 is 0. The van der Waals surface area contributed by atoms with Crippen molar-refractivity contribution in [3.05, 3.63) is 30.0 Å². The molecule has 0 bridgehead atoms. The molecule has 0 amide bonds. The second kappa shape index (κ2) is 7.99. The molecule has 0 saturated carbocycles. The molecule has 0 aliphatic carbocycles. The number of rotatable bonds is 9. The fourth-order valence-corrected chi connectivity index (χ4v) is 2.24. The van der Waals surface area contributed by atoms with Crippen molar-refractivity contribution < 1.29 is 9.84 Å². The molecular formula is C15H23N3O2. The lowest BCUT2D eigenvalue weighted by atomic mass is 10.2. The number of aliphatic hydroxyl groups is 1. The highest BCUT2D eigenvalue weighted by Crippen LogP contribution is 2.18. The van der Waals surface area contributed by atoms with Gasteiger partial charge in [-0.25, -0.2) is 0 Å². The molecule has 2 N–H and O–H groups in total. The second-order valence-corrected chi connectivity index (χ2v) is 4.65. The quantitative estimate of drug-likeness (QED) is 0.683. The van der Waals surface area contributed by atoms with Gasteiger partial charge in [0.2, 0.25) is 0 Å². The summed E-state index contributed by atoms with van der Waals surface area (Å²) in [5, 5.41) is 17.8. The zero-order valence-corrected chi connectivity index (χ0v) is 12.0. The lowest BCUT2D eigenvalue weighted by molar-refractivity contribution is 0.0907. The summed E-state index contributed by atoms with van der Waals surface area (Å²) in [7, 11) is 0. The van der Waals surface area contributed by atoms with Gasteiger partial charge in [-0.15, -0.1) is 0 Å². The van der Waals surface area contributed by atoms with Gasteiger partial charge in [-0.2, -0.15) is 5.10 Å². The van der Waals surface area contributed by atoms with Gasteiger partial charge < -0.3 is 15.2 Å². The molecule has 0 radical (unpaired) electrons. The van der Waals surface area contributed by atoms with E-state index in [1.54, 1.807) is 0 Å². The smallest absolute Gasteiger partial charge is 0.0841 e. The minimum absolute atomic E-state index is 0.0911. The SMILES string of the molecule is CCn1nc(CNCCCOCCO)c2ccccc21. The first-order chi connectivity index (χ1) is 9.86. The van der Waals surface area contributed by atoms with Crippen LogP contribution < -0.4 is 5.32 Å². The topological polar surface area (TPSA) is 59.3 Å². The lowest BCUT2D eigenvalue weighted by Crippen LogP contribution is -2.17. The molecule has 0 unspecified atom stereocenters. The van der Waals surface area contributed by atoms with Crippen LogP contribution >= 0.6 is 0 Å². The van der Waals surface area contributed by atoms with Gasteiger partial charge in [0.25, 0.3) is 0 Å². The first-order valence-electron chi connectivity index (χ1n) is 7.20. The molecule has 5 heteroatoms. The highest BCUT2D eigenvalue weighted by Gasteiger charge is 2.07. The van der Waals surface area contributed by atoms with Crippen molar-refractivity contribution in [2.24, 2.45) is 0 Å². The van der Waals surface area contributed by atoms with Crippen LogP contribution in [0.5, 0.6) is 0 Å². The van der Waals surface area contributed by atoms with Gasteiger partial charge in [0, 0.05) is 25.1 Å². The van der Waals surface area contributed by atoms with Crippen LogP contribution in [0.2, 0.25) is 0 Å². The van der Waals surface area contributed by atoms with Gasteiger partial charge in [0.05, 0.1) is 24.4 Å². The van der Waals surface area contributed by atoms with Crippen molar-refractivity contribution >= 4 is 10.9 Å². The molecule has 2 aromatic rings.